The number of aliphatic hydroxyl groups is 1. The number of amides is 1. The third-order valence-corrected chi connectivity index (χ3v) is 2.33. The van der Waals surface area contributed by atoms with E-state index in [4.69, 9.17) is 16.7 Å². The number of hydrogen-bond acceptors (Lipinski definition) is 4. The molecule has 0 bridgehead atoms. The zero-order chi connectivity index (χ0) is 12.8. The number of carbonyl (C=O) groups excluding carboxylic acids is 1. The fourth-order valence-corrected chi connectivity index (χ4v) is 1.61. The molecule has 0 spiro atoms. The zero-order valence-electron chi connectivity index (χ0n) is 9.85. The Hall–Kier alpha value is -1.20. The van der Waals surface area contributed by atoms with Crippen LogP contribution in [0.25, 0.3) is 0 Å². The van der Waals surface area contributed by atoms with Gasteiger partial charge in [-0.05, 0) is 12.3 Å². The Morgan fingerprint density at radius 2 is 2.24 bits per heavy atom. The van der Waals surface area contributed by atoms with E-state index < -0.39 is 0 Å². The van der Waals surface area contributed by atoms with Crippen molar-refractivity contribution in [3.63, 3.8) is 0 Å². The molecule has 1 aromatic rings. The highest BCUT2D eigenvalue weighted by Gasteiger charge is 2.15. The molecule has 94 valence electrons. The monoisotopic (exact) mass is 257 g/mol. The number of hydrogen-bond donors (Lipinski definition) is 2. The van der Waals surface area contributed by atoms with Gasteiger partial charge in [-0.15, -0.1) is 0 Å². The average molecular weight is 258 g/mol. The van der Waals surface area contributed by atoms with E-state index in [1.807, 2.05) is 13.8 Å². The van der Waals surface area contributed by atoms with Crippen LogP contribution in [0.3, 0.4) is 0 Å². The molecule has 0 saturated heterocycles. The zero-order valence-corrected chi connectivity index (χ0v) is 10.6. The lowest BCUT2D eigenvalue weighted by molar-refractivity contribution is 0.0903. The first kappa shape index (κ1) is 13.9. The van der Waals surface area contributed by atoms with Gasteiger partial charge in [-0.3, -0.25) is 9.78 Å². The predicted molar refractivity (Wildman–Crippen MR) is 64.8 cm³/mol. The maximum atomic E-state index is 11.8. The van der Waals surface area contributed by atoms with Gasteiger partial charge in [0, 0.05) is 0 Å². The van der Waals surface area contributed by atoms with Crippen molar-refractivity contribution in [3.8, 4) is 0 Å². The van der Waals surface area contributed by atoms with E-state index in [0.717, 1.165) is 0 Å². The lowest BCUT2D eigenvalue weighted by atomic mass is 10.0. The van der Waals surface area contributed by atoms with Gasteiger partial charge in [0.05, 0.1) is 25.0 Å². The van der Waals surface area contributed by atoms with E-state index in [1.165, 1.54) is 12.4 Å². The molecule has 2 N–H and O–H groups in total. The first-order chi connectivity index (χ1) is 8.02. The van der Waals surface area contributed by atoms with Crippen molar-refractivity contribution in [2.24, 2.45) is 5.92 Å². The molecule has 0 radical (unpaired) electrons. The molecular formula is C11H16ClN3O2. The topological polar surface area (TPSA) is 75.1 Å². The number of nitrogens with one attached hydrogen (secondary N) is 1. The molecule has 1 rings (SSSR count). The third-order valence-electron chi connectivity index (χ3n) is 2.15. The molecule has 0 aromatic carbocycles. The molecule has 0 aliphatic rings. The number of halogens is 1. The Morgan fingerprint density at radius 3 is 2.76 bits per heavy atom. The summed E-state index contributed by atoms with van der Waals surface area (Å²) in [6.07, 6.45) is 3.40. The molecule has 1 heterocycles. The Bertz CT molecular complexity index is 385. The molecule has 17 heavy (non-hydrogen) atoms. The fourth-order valence-electron chi connectivity index (χ4n) is 1.46. The van der Waals surface area contributed by atoms with E-state index in [0.29, 0.717) is 12.3 Å². The van der Waals surface area contributed by atoms with Crippen LogP contribution in [-0.2, 0) is 0 Å². The summed E-state index contributed by atoms with van der Waals surface area (Å²) in [5, 5.41) is 12.0. The Balaban J connectivity index is 2.64. The molecule has 1 atom stereocenters. The van der Waals surface area contributed by atoms with E-state index in [9.17, 15) is 4.79 Å². The van der Waals surface area contributed by atoms with Gasteiger partial charge < -0.3 is 10.4 Å². The van der Waals surface area contributed by atoms with Crippen molar-refractivity contribution >= 4 is 17.5 Å². The second kappa shape index (κ2) is 6.51. The average Bonchev–Trinajstić information content (AvgIpc) is 2.27. The minimum absolute atomic E-state index is 0.0993. The number of rotatable bonds is 5. The fraction of sp³-hybridized carbons (Fsp3) is 0.545. The Morgan fingerprint density at radius 1 is 1.53 bits per heavy atom. The smallest absolute Gasteiger partial charge is 0.271 e. The lowest BCUT2D eigenvalue weighted by Crippen LogP contribution is -2.38. The van der Waals surface area contributed by atoms with Crippen LogP contribution in [0.5, 0.6) is 0 Å². The molecular weight excluding hydrogens is 242 g/mol. The van der Waals surface area contributed by atoms with Crippen LogP contribution >= 0.6 is 11.6 Å². The molecule has 5 nitrogen and oxygen atoms in total. The minimum atomic E-state index is -0.375. The van der Waals surface area contributed by atoms with Gasteiger partial charge in [0.2, 0.25) is 0 Å². The summed E-state index contributed by atoms with van der Waals surface area (Å²) < 4.78 is 0. The van der Waals surface area contributed by atoms with Gasteiger partial charge in [0.15, 0.2) is 0 Å². The second-order valence-electron chi connectivity index (χ2n) is 4.21. The highest BCUT2D eigenvalue weighted by atomic mass is 35.5. The van der Waals surface area contributed by atoms with Gasteiger partial charge in [-0.2, -0.15) is 0 Å². The largest absolute Gasteiger partial charge is 0.394 e. The number of nitrogens with zero attached hydrogens (tertiary/aromatic N) is 2. The van der Waals surface area contributed by atoms with Gasteiger partial charge >= 0.3 is 0 Å². The van der Waals surface area contributed by atoms with E-state index in [-0.39, 0.29) is 29.4 Å². The Labute approximate surface area is 105 Å². The summed E-state index contributed by atoms with van der Waals surface area (Å²) in [4.78, 5) is 19.4. The van der Waals surface area contributed by atoms with Crippen LogP contribution in [0.2, 0.25) is 5.15 Å². The molecule has 0 aliphatic heterocycles. The van der Waals surface area contributed by atoms with Gasteiger partial charge in [-0.1, -0.05) is 25.4 Å². The summed E-state index contributed by atoms with van der Waals surface area (Å²) in [5.41, 5.74) is 0.153. The molecule has 0 saturated carbocycles. The molecule has 6 heteroatoms. The number of carbonyl (C=O) groups is 1. The summed E-state index contributed by atoms with van der Waals surface area (Å²) in [6, 6.07) is -0.275. The van der Waals surface area contributed by atoms with Gasteiger partial charge in [0.1, 0.15) is 10.8 Å². The molecule has 1 aromatic heterocycles. The van der Waals surface area contributed by atoms with E-state index >= 15 is 0 Å². The molecule has 1 unspecified atom stereocenters. The second-order valence-corrected chi connectivity index (χ2v) is 4.60. The minimum Gasteiger partial charge on any atom is -0.394 e. The maximum Gasteiger partial charge on any atom is 0.271 e. The molecule has 1 amide bonds. The maximum absolute atomic E-state index is 11.8. The van der Waals surface area contributed by atoms with E-state index in [1.54, 1.807) is 0 Å². The number of aromatic nitrogens is 2. The normalized spacial score (nSPS) is 12.5. The van der Waals surface area contributed by atoms with Crippen LogP contribution in [0.1, 0.15) is 30.8 Å². The summed E-state index contributed by atoms with van der Waals surface area (Å²) in [7, 11) is 0. The molecule has 0 aliphatic carbocycles. The van der Waals surface area contributed by atoms with Crippen molar-refractivity contribution in [1.29, 1.82) is 0 Å². The first-order valence-corrected chi connectivity index (χ1v) is 5.80. The van der Waals surface area contributed by atoms with Crippen molar-refractivity contribution in [2.45, 2.75) is 26.3 Å². The van der Waals surface area contributed by atoms with Crippen LogP contribution in [0.15, 0.2) is 12.4 Å². The summed E-state index contributed by atoms with van der Waals surface area (Å²) in [5.74, 6) is 0.0117. The van der Waals surface area contributed by atoms with Crippen molar-refractivity contribution < 1.29 is 9.90 Å². The lowest BCUT2D eigenvalue weighted by Gasteiger charge is -2.17. The van der Waals surface area contributed by atoms with Crippen molar-refractivity contribution in [3.05, 3.63) is 23.2 Å². The van der Waals surface area contributed by atoms with Crippen LogP contribution in [0, 0.1) is 5.92 Å². The first-order valence-electron chi connectivity index (χ1n) is 5.42. The number of aliphatic hydroxyl groups excluding tert-OH is 1. The third kappa shape index (κ3) is 4.66. The quantitative estimate of drug-likeness (QED) is 0.833. The van der Waals surface area contributed by atoms with Gasteiger partial charge in [0.25, 0.3) is 5.91 Å². The summed E-state index contributed by atoms with van der Waals surface area (Å²) in [6.45, 7) is 3.94. The van der Waals surface area contributed by atoms with Crippen LogP contribution in [-0.4, -0.2) is 33.6 Å². The molecule has 0 fully saturated rings. The standard InChI is InChI=1S/C11H16ClN3O2/c1-7(2)3-8(6-16)14-11(17)9-4-13-5-10(12)15-9/h4-5,7-8,16H,3,6H2,1-2H3,(H,14,17). The highest BCUT2D eigenvalue weighted by molar-refractivity contribution is 6.29. The van der Waals surface area contributed by atoms with Crippen LogP contribution in [0.4, 0.5) is 0 Å². The van der Waals surface area contributed by atoms with Crippen LogP contribution < -0.4 is 5.32 Å². The van der Waals surface area contributed by atoms with Crippen molar-refractivity contribution in [2.75, 3.05) is 6.61 Å². The van der Waals surface area contributed by atoms with Crippen molar-refractivity contribution in [1.82, 2.24) is 15.3 Å². The summed E-state index contributed by atoms with van der Waals surface area (Å²) >= 11 is 5.64. The van der Waals surface area contributed by atoms with E-state index in [2.05, 4.69) is 15.3 Å². The Kier molecular flexibility index (Phi) is 5.31. The van der Waals surface area contributed by atoms with Gasteiger partial charge in [-0.25, -0.2) is 4.98 Å². The SMILES string of the molecule is CC(C)CC(CO)NC(=O)c1cncc(Cl)n1. The predicted octanol–water partition coefficient (Wildman–Crippen LogP) is 1.27. The highest BCUT2D eigenvalue weighted by Crippen LogP contribution is 2.06.